The van der Waals surface area contributed by atoms with Gasteiger partial charge in [0.2, 0.25) is 11.7 Å². The summed E-state index contributed by atoms with van der Waals surface area (Å²) in [6, 6.07) is 9.68. The average Bonchev–Trinajstić information content (AvgIpc) is 3.46. The lowest BCUT2D eigenvalue weighted by atomic mass is 10.0. The van der Waals surface area contributed by atoms with Gasteiger partial charge in [-0.1, -0.05) is 12.1 Å². The highest BCUT2D eigenvalue weighted by Crippen LogP contribution is 2.30. The number of H-pyrrole nitrogens is 1. The van der Waals surface area contributed by atoms with Crippen LogP contribution in [0.3, 0.4) is 0 Å². The largest absolute Gasteiger partial charge is 0.465 e. The summed E-state index contributed by atoms with van der Waals surface area (Å²) in [5.74, 6) is -2.37. The molecule has 0 saturated carbocycles. The molecule has 5 rings (SSSR count). The summed E-state index contributed by atoms with van der Waals surface area (Å²) in [6.45, 7) is 6.55. The van der Waals surface area contributed by atoms with E-state index in [1.54, 1.807) is 25.4 Å². The van der Waals surface area contributed by atoms with Crippen molar-refractivity contribution in [1.82, 2.24) is 14.9 Å². The molecule has 198 valence electrons. The number of rotatable bonds is 7. The number of aliphatic imine (C=N–C) groups is 1. The summed E-state index contributed by atoms with van der Waals surface area (Å²) in [4.78, 5) is 40.3. The van der Waals surface area contributed by atoms with E-state index in [2.05, 4.69) is 25.9 Å². The number of esters is 1. The normalized spacial score (nSPS) is 20.9. The van der Waals surface area contributed by atoms with E-state index in [1.165, 1.54) is 5.56 Å². The first kappa shape index (κ1) is 25.8. The van der Waals surface area contributed by atoms with Crippen LogP contribution >= 0.6 is 0 Å². The number of likely N-dealkylation sites (tertiary alicyclic amines) is 1. The maximum absolute atomic E-state index is 13.3. The third-order valence-electron chi connectivity index (χ3n) is 7.02. The van der Waals surface area contributed by atoms with E-state index >= 15 is 0 Å². The van der Waals surface area contributed by atoms with Crippen molar-refractivity contribution in [2.24, 2.45) is 10.9 Å². The van der Waals surface area contributed by atoms with Gasteiger partial charge < -0.3 is 24.5 Å². The maximum Gasteiger partial charge on any atom is 0.326 e. The molecule has 38 heavy (non-hydrogen) atoms. The van der Waals surface area contributed by atoms with E-state index in [4.69, 9.17) is 9.47 Å². The summed E-state index contributed by atoms with van der Waals surface area (Å²) in [5.41, 5.74) is 4.14. The Balaban J connectivity index is 1.38. The molecule has 9 heteroatoms. The molecule has 0 radical (unpaired) electrons. The Bertz CT molecular complexity index is 1400. The van der Waals surface area contributed by atoms with Crippen molar-refractivity contribution in [3.8, 4) is 0 Å². The lowest BCUT2D eigenvalue weighted by Gasteiger charge is -2.29. The van der Waals surface area contributed by atoms with E-state index in [-0.39, 0.29) is 24.4 Å². The van der Waals surface area contributed by atoms with Crippen LogP contribution in [0.15, 0.2) is 53.5 Å². The zero-order valence-corrected chi connectivity index (χ0v) is 21.6. The lowest BCUT2D eigenvalue weighted by Crippen LogP contribution is -2.37. The fraction of sp³-hybridized carbons (Fsp3) is 0.379. The number of pyridine rings is 1. The Labute approximate surface area is 221 Å². The van der Waals surface area contributed by atoms with Gasteiger partial charge in [0, 0.05) is 43.0 Å². The summed E-state index contributed by atoms with van der Waals surface area (Å²) in [6.07, 6.45) is 7.39. The number of hydrogen-bond acceptors (Lipinski definition) is 8. The SMILES string of the molecule is CCOC(=O)C1C(=O)/C(=C/c2c[nH]c3ncccc23)OC1=Nc1ccc(CCN2CCC(O)CC2)cc1C. The predicted molar refractivity (Wildman–Crippen MR) is 144 cm³/mol. The van der Waals surface area contributed by atoms with Crippen molar-refractivity contribution in [1.29, 1.82) is 0 Å². The molecular formula is C29H32N4O5. The van der Waals surface area contributed by atoms with Gasteiger partial charge in [-0.3, -0.25) is 9.59 Å². The van der Waals surface area contributed by atoms with Gasteiger partial charge in [0.25, 0.3) is 0 Å². The molecule has 2 aliphatic rings. The monoisotopic (exact) mass is 516 g/mol. The Morgan fingerprint density at radius 3 is 2.89 bits per heavy atom. The first-order chi connectivity index (χ1) is 18.4. The van der Waals surface area contributed by atoms with Crippen LogP contribution in [0.25, 0.3) is 17.1 Å². The molecule has 1 aromatic carbocycles. The molecule has 2 fully saturated rings. The minimum atomic E-state index is -1.25. The van der Waals surface area contributed by atoms with Gasteiger partial charge in [-0.25, -0.2) is 9.98 Å². The average molecular weight is 517 g/mol. The Morgan fingerprint density at radius 2 is 2.13 bits per heavy atom. The molecule has 0 amide bonds. The molecule has 2 aromatic heterocycles. The second-order valence-corrected chi connectivity index (χ2v) is 9.70. The van der Waals surface area contributed by atoms with Crippen LogP contribution in [-0.2, 0) is 25.5 Å². The van der Waals surface area contributed by atoms with E-state index in [1.807, 2.05) is 31.2 Å². The number of benzene rings is 1. The lowest BCUT2D eigenvalue weighted by molar-refractivity contribution is -0.147. The Kier molecular flexibility index (Phi) is 7.67. The van der Waals surface area contributed by atoms with Gasteiger partial charge in [0.05, 0.1) is 18.4 Å². The number of nitrogens with zero attached hydrogens (tertiary/aromatic N) is 3. The van der Waals surface area contributed by atoms with Gasteiger partial charge >= 0.3 is 5.97 Å². The fourth-order valence-corrected chi connectivity index (χ4v) is 4.88. The van der Waals surface area contributed by atoms with Gasteiger partial charge in [-0.05, 0) is 68.5 Å². The molecule has 1 unspecified atom stereocenters. The van der Waals surface area contributed by atoms with Crippen LogP contribution in [0.4, 0.5) is 5.69 Å². The second kappa shape index (κ2) is 11.3. The highest BCUT2D eigenvalue weighted by Gasteiger charge is 2.44. The predicted octanol–water partition coefficient (Wildman–Crippen LogP) is 3.72. The number of carbonyl (C=O) groups is 2. The third kappa shape index (κ3) is 5.54. The molecule has 2 saturated heterocycles. The molecule has 1 atom stereocenters. The molecular weight excluding hydrogens is 484 g/mol. The molecule has 3 aromatic rings. The smallest absolute Gasteiger partial charge is 0.326 e. The summed E-state index contributed by atoms with van der Waals surface area (Å²) in [5, 5.41) is 10.5. The molecule has 0 bridgehead atoms. The van der Waals surface area contributed by atoms with Crippen LogP contribution in [0.5, 0.6) is 0 Å². The van der Waals surface area contributed by atoms with E-state index in [0.29, 0.717) is 11.3 Å². The summed E-state index contributed by atoms with van der Waals surface area (Å²) < 4.78 is 11.1. The molecule has 2 aliphatic heterocycles. The minimum absolute atomic E-state index is 0.0143. The van der Waals surface area contributed by atoms with Crippen molar-refractivity contribution in [3.05, 3.63) is 65.2 Å². The van der Waals surface area contributed by atoms with Crippen molar-refractivity contribution >= 4 is 40.4 Å². The number of fused-ring (bicyclic) bond motifs is 1. The molecule has 4 heterocycles. The number of ether oxygens (including phenoxy) is 2. The number of piperidine rings is 1. The van der Waals surface area contributed by atoms with Crippen molar-refractivity contribution in [2.75, 3.05) is 26.2 Å². The van der Waals surface area contributed by atoms with Crippen LogP contribution < -0.4 is 0 Å². The second-order valence-electron chi connectivity index (χ2n) is 9.70. The number of aliphatic hydroxyl groups excluding tert-OH is 1. The van der Waals surface area contributed by atoms with Gasteiger partial charge in [0.15, 0.2) is 11.7 Å². The van der Waals surface area contributed by atoms with Gasteiger partial charge in [-0.2, -0.15) is 0 Å². The highest BCUT2D eigenvalue weighted by molar-refractivity contribution is 6.27. The first-order valence-corrected chi connectivity index (χ1v) is 13.0. The van der Waals surface area contributed by atoms with Gasteiger partial charge in [0.1, 0.15) is 5.65 Å². The van der Waals surface area contributed by atoms with Crippen LogP contribution in [0.2, 0.25) is 0 Å². The van der Waals surface area contributed by atoms with Crippen LogP contribution in [0, 0.1) is 12.8 Å². The van der Waals surface area contributed by atoms with E-state index < -0.39 is 17.7 Å². The van der Waals surface area contributed by atoms with Crippen molar-refractivity contribution < 1.29 is 24.2 Å². The van der Waals surface area contributed by atoms with Crippen molar-refractivity contribution in [3.63, 3.8) is 0 Å². The quantitative estimate of drug-likeness (QED) is 0.279. The van der Waals surface area contributed by atoms with Crippen LogP contribution in [-0.4, -0.2) is 70.0 Å². The number of hydrogen-bond donors (Lipinski definition) is 2. The number of carbonyl (C=O) groups excluding carboxylic acids is 2. The maximum atomic E-state index is 13.3. The fourth-order valence-electron chi connectivity index (χ4n) is 4.88. The van der Waals surface area contributed by atoms with Crippen molar-refractivity contribution in [2.45, 2.75) is 39.2 Å². The highest BCUT2D eigenvalue weighted by atomic mass is 16.5. The number of Topliss-reactive ketones (excluding diaryl/α,β-unsaturated/α-hetero) is 1. The van der Waals surface area contributed by atoms with E-state index in [9.17, 15) is 14.7 Å². The van der Waals surface area contributed by atoms with Gasteiger partial charge in [-0.15, -0.1) is 0 Å². The number of aromatic amines is 1. The summed E-state index contributed by atoms with van der Waals surface area (Å²) in [7, 11) is 0. The standard InChI is InChI=1S/C29H32N4O5/c1-3-37-29(36)25-26(35)24(16-20-17-31-27-22(20)5-4-11-30-27)38-28(25)32-23-7-6-19(15-18(23)2)8-12-33-13-9-21(34)10-14-33/h4-7,11,15-17,21,25,34H,3,8-10,12-14H2,1-2H3,(H,30,31)/b24-16-,32-28?. The Morgan fingerprint density at radius 1 is 1.32 bits per heavy atom. The molecule has 9 nitrogen and oxygen atoms in total. The third-order valence-corrected chi connectivity index (χ3v) is 7.02. The Hall–Kier alpha value is -3.82. The number of aromatic nitrogens is 2. The topological polar surface area (TPSA) is 117 Å². The number of allylic oxidation sites excluding steroid dienone is 1. The molecule has 0 spiro atoms. The van der Waals surface area contributed by atoms with Crippen LogP contribution in [0.1, 0.15) is 36.5 Å². The molecule has 0 aliphatic carbocycles. The van der Waals surface area contributed by atoms with E-state index in [0.717, 1.165) is 55.4 Å². The minimum Gasteiger partial charge on any atom is -0.465 e. The molecule has 2 N–H and O–H groups in total. The number of ketones is 1. The number of aliphatic hydroxyl groups is 1. The summed E-state index contributed by atoms with van der Waals surface area (Å²) >= 11 is 0. The number of aryl methyl sites for hydroxylation is 1. The zero-order valence-electron chi connectivity index (χ0n) is 21.6. The zero-order chi connectivity index (χ0) is 26.6. The number of nitrogens with one attached hydrogen (secondary N) is 1. The first-order valence-electron chi connectivity index (χ1n) is 13.0.